The van der Waals surface area contributed by atoms with Crippen LogP contribution in [0.3, 0.4) is 0 Å². The monoisotopic (exact) mass is 460 g/mol. The normalized spacial score (nSPS) is 19.3. The highest BCUT2D eigenvalue weighted by Crippen LogP contribution is 2.38. The van der Waals surface area contributed by atoms with E-state index < -0.39 is 0 Å². The SMILES string of the molecule is COc1cc2c(cc1OC)-c1cc(=Nc3c(C)cc(C)cc3C)n(C3CC(N)C3)c(=O)n1CC2. The number of fused-ring (bicyclic) bond motifs is 3. The van der Waals surface area contributed by atoms with E-state index in [4.69, 9.17) is 20.2 Å². The third-order valence-electron chi connectivity index (χ3n) is 7.11. The predicted molar refractivity (Wildman–Crippen MR) is 133 cm³/mol. The zero-order chi connectivity index (χ0) is 24.1. The Morgan fingerprint density at radius 2 is 1.62 bits per heavy atom. The molecule has 0 saturated heterocycles. The smallest absolute Gasteiger partial charge is 0.330 e. The largest absolute Gasteiger partial charge is 0.493 e. The maximum Gasteiger partial charge on any atom is 0.330 e. The first-order valence-corrected chi connectivity index (χ1v) is 11.8. The molecule has 1 aromatic heterocycles. The number of nitrogens with zero attached hydrogens (tertiary/aromatic N) is 3. The second-order valence-electron chi connectivity index (χ2n) is 9.55. The molecule has 1 aliphatic heterocycles. The third-order valence-corrected chi connectivity index (χ3v) is 7.11. The molecule has 2 N–H and O–H groups in total. The molecule has 1 saturated carbocycles. The van der Waals surface area contributed by atoms with Gasteiger partial charge in [0.1, 0.15) is 5.49 Å². The van der Waals surface area contributed by atoms with E-state index in [1.54, 1.807) is 14.2 Å². The maximum absolute atomic E-state index is 13.8. The molecule has 7 nitrogen and oxygen atoms in total. The Hall–Kier alpha value is -3.32. The average molecular weight is 461 g/mol. The van der Waals surface area contributed by atoms with Crippen molar-refractivity contribution in [3.05, 3.63) is 68.6 Å². The Morgan fingerprint density at radius 1 is 0.971 bits per heavy atom. The van der Waals surface area contributed by atoms with Crippen molar-refractivity contribution in [2.45, 2.75) is 58.7 Å². The molecule has 178 valence electrons. The Balaban J connectivity index is 1.79. The number of aryl methyl sites for hydroxylation is 4. The molecule has 0 spiro atoms. The second kappa shape index (κ2) is 8.47. The fourth-order valence-corrected chi connectivity index (χ4v) is 5.37. The summed E-state index contributed by atoms with van der Waals surface area (Å²) in [4.78, 5) is 18.9. The lowest BCUT2D eigenvalue weighted by molar-refractivity contribution is 0.247. The van der Waals surface area contributed by atoms with Gasteiger partial charge in [-0.15, -0.1) is 0 Å². The van der Waals surface area contributed by atoms with Crippen LogP contribution in [-0.4, -0.2) is 29.4 Å². The van der Waals surface area contributed by atoms with E-state index in [2.05, 4.69) is 32.9 Å². The van der Waals surface area contributed by atoms with Crippen LogP contribution < -0.4 is 26.4 Å². The molecule has 0 unspecified atom stereocenters. The quantitative estimate of drug-likeness (QED) is 0.643. The van der Waals surface area contributed by atoms with Crippen LogP contribution in [0.2, 0.25) is 0 Å². The molecule has 2 aliphatic rings. The van der Waals surface area contributed by atoms with Gasteiger partial charge in [0.05, 0.1) is 25.6 Å². The molecule has 2 heterocycles. The van der Waals surface area contributed by atoms with Crippen molar-refractivity contribution < 1.29 is 9.47 Å². The number of hydrogen-bond donors (Lipinski definition) is 1. The van der Waals surface area contributed by atoms with Gasteiger partial charge >= 0.3 is 5.69 Å². The van der Waals surface area contributed by atoms with Crippen molar-refractivity contribution in [3.63, 3.8) is 0 Å². The lowest BCUT2D eigenvalue weighted by atomic mass is 9.87. The van der Waals surface area contributed by atoms with Gasteiger partial charge in [-0.05, 0) is 68.9 Å². The summed E-state index contributed by atoms with van der Waals surface area (Å²) in [7, 11) is 3.27. The van der Waals surface area contributed by atoms with Gasteiger partial charge in [-0.2, -0.15) is 0 Å². The number of nitrogens with two attached hydrogens (primary N) is 1. The Morgan fingerprint density at radius 3 is 2.24 bits per heavy atom. The highest BCUT2D eigenvalue weighted by molar-refractivity contribution is 5.70. The van der Waals surface area contributed by atoms with Crippen LogP contribution in [0, 0.1) is 20.8 Å². The van der Waals surface area contributed by atoms with Crippen molar-refractivity contribution >= 4 is 5.69 Å². The number of methoxy groups -OCH3 is 2. The first-order valence-electron chi connectivity index (χ1n) is 11.8. The standard InChI is InChI=1S/C27H32N4O3/c1-15-8-16(2)26(17(3)9-15)29-25-14-22-21-13-24(34-5)23(33-4)10-18(21)6-7-30(22)27(32)31(25)20-11-19(28)12-20/h8-10,13-14,19-20H,6-7,11-12,28H2,1-5H3. The number of aromatic nitrogens is 2. The van der Waals surface area contributed by atoms with Gasteiger partial charge in [0.25, 0.3) is 0 Å². The van der Waals surface area contributed by atoms with E-state index in [1.165, 1.54) is 5.56 Å². The van der Waals surface area contributed by atoms with E-state index in [1.807, 2.05) is 27.3 Å². The molecule has 1 fully saturated rings. The first kappa shape index (κ1) is 22.5. The molecule has 3 aromatic rings. The molecule has 7 heteroatoms. The highest BCUT2D eigenvalue weighted by atomic mass is 16.5. The molecule has 0 atom stereocenters. The van der Waals surface area contributed by atoms with E-state index >= 15 is 0 Å². The lowest BCUT2D eigenvalue weighted by Gasteiger charge is -2.35. The topological polar surface area (TPSA) is 83.8 Å². The maximum atomic E-state index is 13.8. The molecule has 2 aromatic carbocycles. The van der Waals surface area contributed by atoms with Gasteiger partial charge in [0, 0.05) is 30.3 Å². The predicted octanol–water partition coefficient (Wildman–Crippen LogP) is 3.71. The molecule has 0 radical (unpaired) electrons. The summed E-state index contributed by atoms with van der Waals surface area (Å²) in [6.07, 6.45) is 2.32. The van der Waals surface area contributed by atoms with Crippen molar-refractivity contribution in [1.29, 1.82) is 0 Å². The van der Waals surface area contributed by atoms with Gasteiger partial charge in [-0.25, -0.2) is 9.79 Å². The summed E-state index contributed by atoms with van der Waals surface area (Å²) in [5.41, 5.74) is 14.0. The van der Waals surface area contributed by atoms with Crippen LogP contribution in [0.4, 0.5) is 5.69 Å². The zero-order valence-electron chi connectivity index (χ0n) is 20.5. The Kier molecular flexibility index (Phi) is 5.60. The summed E-state index contributed by atoms with van der Waals surface area (Å²) in [5, 5.41) is 0. The first-order chi connectivity index (χ1) is 16.3. The number of rotatable bonds is 4. The Bertz CT molecular complexity index is 1390. The highest BCUT2D eigenvalue weighted by Gasteiger charge is 2.31. The minimum atomic E-state index is -0.0315. The average Bonchev–Trinajstić information content (AvgIpc) is 2.78. The van der Waals surface area contributed by atoms with Crippen molar-refractivity contribution in [2.24, 2.45) is 10.7 Å². The number of benzene rings is 2. The minimum Gasteiger partial charge on any atom is -0.493 e. The number of hydrogen-bond acceptors (Lipinski definition) is 5. The lowest BCUT2D eigenvalue weighted by Crippen LogP contribution is -2.50. The summed E-state index contributed by atoms with van der Waals surface area (Å²) in [5.74, 6) is 1.34. The molecule has 34 heavy (non-hydrogen) atoms. The van der Waals surface area contributed by atoms with Gasteiger partial charge in [0.2, 0.25) is 0 Å². The summed E-state index contributed by atoms with van der Waals surface area (Å²) < 4.78 is 14.8. The van der Waals surface area contributed by atoms with Gasteiger partial charge in [0.15, 0.2) is 11.5 Å². The summed E-state index contributed by atoms with van der Waals surface area (Å²) in [6, 6.07) is 10.5. The Labute approximate surface area is 199 Å². The van der Waals surface area contributed by atoms with E-state index in [-0.39, 0.29) is 17.8 Å². The van der Waals surface area contributed by atoms with Crippen LogP contribution in [0.25, 0.3) is 11.3 Å². The second-order valence-corrected chi connectivity index (χ2v) is 9.55. The van der Waals surface area contributed by atoms with E-state index in [0.29, 0.717) is 23.5 Å². The third kappa shape index (κ3) is 3.64. The molecule has 5 rings (SSSR count). The van der Waals surface area contributed by atoms with Gasteiger partial charge in [-0.3, -0.25) is 9.13 Å². The van der Waals surface area contributed by atoms with Crippen LogP contribution in [0.1, 0.15) is 41.1 Å². The fraction of sp³-hybridized carbons (Fsp3) is 0.407. The molecule has 0 bridgehead atoms. The zero-order valence-corrected chi connectivity index (χ0v) is 20.5. The molecular weight excluding hydrogens is 428 g/mol. The van der Waals surface area contributed by atoms with E-state index in [9.17, 15) is 4.79 Å². The van der Waals surface area contributed by atoms with Crippen molar-refractivity contribution in [1.82, 2.24) is 9.13 Å². The fourth-order valence-electron chi connectivity index (χ4n) is 5.37. The van der Waals surface area contributed by atoms with Crippen LogP contribution in [0.5, 0.6) is 11.5 Å². The summed E-state index contributed by atoms with van der Waals surface area (Å²) >= 11 is 0. The molecular formula is C27H32N4O3. The minimum absolute atomic E-state index is 0.0315. The van der Waals surface area contributed by atoms with Crippen LogP contribution >= 0.6 is 0 Å². The van der Waals surface area contributed by atoms with Crippen molar-refractivity contribution in [3.8, 4) is 22.8 Å². The van der Waals surface area contributed by atoms with Crippen LogP contribution in [-0.2, 0) is 13.0 Å². The summed E-state index contributed by atoms with van der Waals surface area (Å²) in [6.45, 7) is 6.84. The van der Waals surface area contributed by atoms with Crippen molar-refractivity contribution in [2.75, 3.05) is 14.2 Å². The van der Waals surface area contributed by atoms with Gasteiger partial charge in [-0.1, -0.05) is 17.7 Å². The molecule has 0 amide bonds. The molecule has 1 aliphatic carbocycles. The number of ether oxygens (including phenoxy) is 2. The van der Waals surface area contributed by atoms with Crippen LogP contribution in [0.15, 0.2) is 40.1 Å². The van der Waals surface area contributed by atoms with Gasteiger partial charge < -0.3 is 15.2 Å². The van der Waals surface area contributed by atoms with E-state index in [0.717, 1.165) is 52.9 Å².